The number of aryl methyl sites for hydroxylation is 2. The van der Waals surface area contributed by atoms with Crippen LogP contribution < -0.4 is 5.73 Å². The summed E-state index contributed by atoms with van der Waals surface area (Å²) >= 11 is 0. The van der Waals surface area contributed by atoms with E-state index in [1.807, 2.05) is 0 Å². The first-order chi connectivity index (χ1) is 8.72. The van der Waals surface area contributed by atoms with E-state index in [4.69, 9.17) is 5.73 Å². The van der Waals surface area contributed by atoms with Gasteiger partial charge in [0.2, 0.25) is 0 Å². The molecule has 0 bridgehead atoms. The van der Waals surface area contributed by atoms with Crippen molar-refractivity contribution in [2.75, 3.05) is 0 Å². The Morgan fingerprint density at radius 1 is 1.22 bits per heavy atom. The number of fused-ring (bicyclic) bond motifs is 1. The summed E-state index contributed by atoms with van der Waals surface area (Å²) in [5.41, 5.74) is 11.6. The summed E-state index contributed by atoms with van der Waals surface area (Å²) in [6.07, 6.45) is 8.04. The van der Waals surface area contributed by atoms with Gasteiger partial charge in [0, 0.05) is 25.0 Å². The molecule has 0 saturated carbocycles. The molecule has 0 radical (unpaired) electrons. The zero-order chi connectivity index (χ0) is 12.5. The molecule has 1 atom stereocenters. The lowest BCUT2D eigenvalue weighted by molar-refractivity contribution is 0.573. The summed E-state index contributed by atoms with van der Waals surface area (Å²) in [6.45, 7) is 3.07. The van der Waals surface area contributed by atoms with Gasteiger partial charge >= 0.3 is 0 Å². The van der Waals surface area contributed by atoms with Gasteiger partial charge < -0.3 is 10.3 Å². The van der Waals surface area contributed by atoms with E-state index >= 15 is 0 Å². The van der Waals surface area contributed by atoms with Gasteiger partial charge in [-0.3, -0.25) is 0 Å². The molecule has 0 spiro atoms. The maximum Gasteiger partial charge on any atom is 0.0470 e. The maximum absolute atomic E-state index is 6.16. The fourth-order valence-electron chi connectivity index (χ4n) is 2.78. The quantitative estimate of drug-likeness (QED) is 0.858. The van der Waals surface area contributed by atoms with Crippen LogP contribution in [0.3, 0.4) is 0 Å². The normalized spacial score (nSPS) is 18.7. The van der Waals surface area contributed by atoms with E-state index in [1.54, 1.807) is 0 Å². The van der Waals surface area contributed by atoms with E-state index in [9.17, 15) is 0 Å². The second-order valence-electron chi connectivity index (χ2n) is 5.40. The minimum absolute atomic E-state index is 0.244. The summed E-state index contributed by atoms with van der Waals surface area (Å²) in [5, 5.41) is 0. The fraction of sp³-hybridized carbons (Fsp3) is 0.375. The highest BCUT2D eigenvalue weighted by Gasteiger charge is 2.18. The van der Waals surface area contributed by atoms with Crippen LogP contribution in [-0.2, 0) is 13.0 Å². The molecule has 0 amide bonds. The molecule has 1 unspecified atom stereocenters. The van der Waals surface area contributed by atoms with Crippen molar-refractivity contribution in [1.29, 1.82) is 0 Å². The minimum atomic E-state index is 0.244. The van der Waals surface area contributed by atoms with Crippen molar-refractivity contribution in [3.63, 3.8) is 0 Å². The van der Waals surface area contributed by atoms with Crippen LogP contribution in [0.4, 0.5) is 0 Å². The first-order valence-corrected chi connectivity index (χ1v) is 6.72. The van der Waals surface area contributed by atoms with E-state index in [1.165, 1.54) is 35.1 Å². The van der Waals surface area contributed by atoms with E-state index in [2.05, 4.69) is 48.1 Å². The van der Waals surface area contributed by atoms with Gasteiger partial charge in [-0.05, 0) is 42.9 Å². The Kier molecular flexibility index (Phi) is 2.96. The molecule has 94 valence electrons. The van der Waals surface area contributed by atoms with E-state index < -0.39 is 0 Å². The molecule has 1 aromatic heterocycles. The molecule has 2 heteroatoms. The zero-order valence-electron chi connectivity index (χ0n) is 10.9. The fourth-order valence-corrected chi connectivity index (χ4v) is 2.78. The second-order valence-corrected chi connectivity index (χ2v) is 5.40. The molecule has 3 rings (SSSR count). The number of aromatic nitrogens is 1. The number of benzene rings is 1. The van der Waals surface area contributed by atoms with Crippen molar-refractivity contribution in [1.82, 2.24) is 4.57 Å². The topological polar surface area (TPSA) is 30.9 Å². The van der Waals surface area contributed by atoms with Crippen LogP contribution in [0.2, 0.25) is 0 Å². The molecule has 1 aromatic carbocycles. The molecule has 1 aliphatic rings. The van der Waals surface area contributed by atoms with Crippen molar-refractivity contribution >= 4 is 0 Å². The first-order valence-electron chi connectivity index (χ1n) is 6.72. The Morgan fingerprint density at radius 2 is 2.00 bits per heavy atom. The lowest BCUT2D eigenvalue weighted by Gasteiger charge is -2.17. The highest BCUT2D eigenvalue weighted by Crippen LogP contribution is 2.28. The molecule has 2 aromatic rings. The van der Waals surface area contributed by atoms with E-state index in [-0.39, 0.29) is 6.04 Å². The summed E-state index contributed by atoms with van der Waals surface area (Å²) in [5.74, 6) is 0. The molecule has 0 saturated heterocycles. The van der Waals surface area contributed by atoms with Crippen molar-refractivity contribution in [3.05, 3.63) is 58.9 Å². The monoisotopic (exact) mass is 240 g/mol. The summed E-state index contributed by atoms with van der Waals surface area (Å²) < 4.78 is 2.28. The van der Waals surface area contributed by atoms with Crippen LogP contribution in [0.1, 0.15) is 41.1 Å². The Bertz CT molecular complexity index is 537. The number of hydrogen-bond acceptors (Lipinski definition) is 1. The van der Waals surface area contributed by atoms with Crippen LogP contribution in [0.15, 0.2) is 36.7 Å². The number of hydrogen-bond donors (Lipinski definition) is 1. The number of nitrogens with two attached hydrogens (primary N) is 1. The van der Waals surface area contributed by atoms with E-state index in [0.717, 1.165) is 13.0 Å². The van der Waals surface area contributed by atoms with Gasteiger partial charge in [0.15, 0.2) is 0 Å². The molecular weight excluding hydrogens is 220 g/mol. The van der Waals surface area contributed by atoms with Gasteiger partial charge in [0.05, 0.1) is 0 Å². The molecule has 2 nitrogen and oxygen atoms in total. The first kappa shape index (κ1) is 11.5. The maximum atomic E-state index is 6.16. The molecule has 0 aliphatic heterocycles. The summed E-state index contributed by atoms with van der Waals surface area (Å²) in [4.78, 5) is 0. The zero-order valence-corrected chi connectivity index (χ0v) is 10.9. The van der Waals surface area contributed by atoms with Gasteiger partial charge in [-0.25, -0.2) is 0 Å². The van der Waals surface area contributed by atoms with Gasteiger partial charge in [0.25, 0.3) is 0 Å². The number of nitrogens with zero attached hydrogens (tertiary/aromatic N) is 1. The summed E-state index contributed by atoms with van der Waals surface area (Å²) in [6, 6.07) is 8.99. The van der Waals surface area contributed by atoms with Gasteiger partial charge in [-0.15, -0.1) is 0 Å². The largest absolute Gasteiger partial charge is 0.349 e. The summed E-state index contributed by atoms with van der Waals surface area (Å²) in [7, 11) is 0. The van der Waals surface area contributed by atoms with E-state index in [0.29, 0.717) is 0 Å². The molecular formula is C16H20N2. The van der Waals surface area contributed by atoms with Crippen molar-refractivity contribution in [2.24, 2.45) is 5.73 Å². The average molecular weight is 240 g/mol. The minimum Gasteiger partial charge on any atom is -0.349 e. The highest BCUT2D eigenvalue weighted by molar-refractivity contribution is 5.31. The lowest BCUT2D eigenvalue weighted by atomic mass is 9.92. The number of rotatable bonds is 2. The Morgan fingerprint density at radius 3 is 2.72 bits per heavy atom. The average Bonchev–Trinajstić information content (AvgIpc) is 2.76. The van der Waals surface area contributed by atoms with Crippen LogP contribution in [0.5, 0.6) is 0 Å². The molecule has 1 heterocycles. The van der Waals surface area contributed by atoms with Gasteiger partial charge in [-0.1, -0.05) is 29.8 Å². The van der Waals surface area contributed by atoms with Crippen molar-refractivity contribution in [3.8, 4) is 0 Å². The predicted octanol–water partition coefficient (Wildman–Crippen LogP) is 3.18. The molecule has 1 aliphatic carbocycles. The lowest BCUT2D eigenvalue weighted by Crippen LogP contribution is -2.15. The molecule has 0 fully saturated rings. The van der Waals surface area contributed by atoms with Crippen molar-refractivity contribution in [2.45, 2.75) is 38.8 Å². The smallest absolute Gasteiger partial charge is 0.0470 e. The third kappa shape index (κ3) is 2.21. The van der Waals surface area contributed by atoms with Crippen LogP contribution in [-0.4, -0.2) is 4.57 Å². The Labute approximate surface area is 108 Å². The van der Waals surface area contributed by atoms with Crippen LogP contribution >= 0.6 is 0 Å². The Balaban J connectivity index is 1.83. The third-order valence-electron chi connectivity index (χ3n) is 3.84. The third-order valence-corrected chi connectivity index (χ3v) is 3.84. The van der Waals surface area contributed by atoms with Crippen molar-refractivity contribution < 1.29 is 0 Å². The van der Waals surface area contributed by atoms with Crippen LogP contribution in [0, 0.1) is 6.92 Å². The molecule has 18 heavy (non-hydrogen) atoms. The standard InChI is InChI=1S/C16H20N2/c1-12-5-7-13(8-6-12)9-18-10-14-3-2-4-16(17)15(14)11-18/h5-8,10-11,16H,2-4,9,17H2,1H3. The SMILES string of the molecule is Cc1ccc(Cn2cc3c(c2)C(N)CCC3)cc1. The Hall–Kier alpha value is -1.54. The predicted molar refractivity (Wildman–Crippen MR) is 74.6 cm³/mol. The molecule has 2 N–H and O–H groups in total. The van der Waals surface area contributed by atoms with Gasteiger partial charge in [-0.2, -0.15) is 0 Å². The second kappa shape index (κ2) is 4.62. The van der Waals surface area contributed by atoms with Crippen LogP contribution in [0.25, 0.3) is 0 Å². The highest BCUT2D eigenvalue weighted by atomic mass is 14.9. The van der Waals surface area contributed by atoms with Gasteiger partial charge in [0.1, 0.15) is 0 Å².